The van der Waals surface area contributed by atoms with E-state index in [4.69, 9.17) is 9.47 Å². The van der Waals surface area contributed by atoms with Crippen molar-refractivity contribution in [3.63, 3.8) is 0 Å². The Labute approximate surface area is 97.2 Å². The fourth-order valence-corrected chi connectivity index (χ4v) is 2.90. The lowest BCUT2D eigenvalue weighted by molar-refractivity contribution is 0.255. The standard InChI is InChI=1S/C13H21NO2/c1-13(2)8-15-12(14-13)11-10(16-11)9-6-4-3-5-7-9/h9-11H,3-8H2,1-2H3/t10-,11+/m0/s1. The van der Waals surface area contributed by atoms with Gasteiger partial charge in [-0.25, -0.2) is 4.99 Å². The van der Waals surface area contributed by atoms with Crippen LogP contribution in [-0.2, 0) is 9.47 Å². The number of aliphatic imine (C=N–C) groups is 1. The van der Waals surface area contributed by atoms with Crippen molar-refractivity contribution in [3.05, 3.63) is 0 Å². The van der Waals surface area contributed by atoms with Crippen molar-refractivity contribution in [2.75, 3.05) is 6.61 Å². The third-order valence-electron chi connectivity index (χ3n) is 3.87. The molecule has 1 saturated carbocycles. The highest BCUT2D eigenvalue weighted by Crippen LogP contribution is 2.40. The number of rotatable bonds is 2. The molecule has 3 heteroatoms. The second-order valence-corrected chi connectivity index (χ2v) is 5.97. The van der Waals surface area contributed by atoms with E-state index in [2.05, 4.69) is 18.8 Å². The molecule has 0 spiro atoms. The highest BCUT2D eigenvalue weighted by Gasteiger charge is 2.51. The number of hydrogen-bond acceptors (Lipinski definition) is 3. The molecule has 0 aromatic carbocycles. The first-order chi connectivity index (χ1) is 7.66. The molecule has 1 aliphatic carbocycles. The van der Waals surface area contributed by atoms with Gasteiger partial charge in [-0.3, -0.25) is 0 Å². The van der Waals surface area contributed by atoms with Crippen LogP contribution in [0.4, 0.5) is 0 Å². The monoisotopic (exact) mass is 223 g/mol. The van der Waals surface area contributed by atoms with Crippen LogP contribution in [0.1, 0.15) is 46.0 Å². The van der Waals surface area contributed by atoms with Gasteiger partial charge in [-0.1, -0.05) is 19.3 Å². The molecule has 0 N–H and O–H groups in total. The highest BCUT2D eigenvalue weighted by molar-refractivity contribution is 5.85. The Morgan fingerprint density at radius 2 is 1.94 bits per heavy atom. The average Bonchev–Trinajstić information content (AvgIpc) is 2.99. The summed E-state index contributed by atoms with van der Waals surface area (Å²) in [6.45, 7) is 4.93. The van der Waals surface area contributed by atoms with Gasteiger partial charge in [-0.2, -0.15) is 0 Å². The third-order valence-corrected chi connectivity index (χ3v) is 3.87. The molecule has 0 radical (unpaired) electrons. The predicted octanol–water partition coefficient (Wildman–Crippen LogP) is 2.54. The van der Waals surface area contributed by atoms with Gasteiger partial charge < -0.3 is 9.47 Å². The molecule has 3 rings (SSSR count). The first kappa shape index (κ1) is 10.6. The Morgan fingerprint density at radius 1 is 1.19 bits per heavy atom. The lowest BCUT2D eigenvalue weighted by Crippen LogP contribution is -2.19. The van der Waals surface area contributed by atoms with Crippen molar-refractivity contribution in [3.8, 4) is 0 Å². The number of nitrogens with zero attached hydrogens (tertiary/aromatic N) is 1. The smallest absolute Gasteiger partial charge is 0.216 e. The molecule has 2 heterocycles. The molecule has 0 amide bonds. The Morgan fingerprint density at radius 3 is 2.56 bits per heavy atom. The lowest BCUT2D eigenvalue weighted by atomic mass is 9.86. The molecule has 90 valence electrons. The van der Waals surface area contributed by atoms with Crippen LogP contribution in [0.2, 0.25) is 0 Å². The molecule has 16 heavy (non-hydrogen) atoms. The number of epoxide rings is 1. The van der Waals surface area contributed by atoms with Crippen LogP contribution in [-0.4, -0.2) is 30.3 Å². The summed E-state index contributed by atoms with van der Waals surface area (Å²) in [4.78, 5) is 4.60. The van der Waals surface area contributed by atoms with Gasteiger partial charge in [0.2, 0.25) is 5.90 Å². The molecule has 2 atom stereocenters. The summed E-state index contributed by atoms with van der Waals surface area (Å²) in [5.74, 6) is 1.62. The van der Waals surface area contributed by atoms with Crippen LogP contribution in [0.5, 0.6) is 0 Å². The minimum Gasteiger partial charge on any atom is -0.476 e. The molecule has 3 aliphatic rings. The van der Waals surface area contributed by atoms with Gasteiger partial charge in [0.1, 0.15) is 6.61 Å². The van der Waals surface area contributed by atoms with E-state index in [-0.39, 0.29) is 11.6 Å². The van der Waals surface area contributed by atoms with E-state index in [1.54, 1.807) is 0 Å². The predicted molar refractivity (Wildman–Crippen MR) is 62.7 cm³/mol. The topological polar surface area (TPSA) is 34.1 Å². The van der Waals surface area contributed by atoms with Crippen LogP contribution in [0.3, 0.4) is 0 Å². The van der Waals surface area contributed by atoms with Gasteiger partial charge in [0.15, 0.2) is 6.10 Å². The Bertz CT molecular complexity index is 305. The van der Waals surface area contributed by atoms with E-state index in [0.717, 1.165) is 11.8 Å². The maximum atomic E-state index is 5.78. The number of ether oxygens (including phenoxy) is 2. The SMILES string of the molecule is CC1(C)COC([C@@H]2O[C@H]2C2CCCCC2)=N1. The van der Waals surface area contributed by atoms with Crippen LogP contribution < -0.4 is 0 Å². The molecule has 0 aromatic heterocycles. The Balaban J connectivity index is 1.59. The van der Waals surface area contributed by atoms with E-state index in [1.807, 2.05) is 0 Å². The minimum atomic E-state index is -0.0433. The van der Waals surface area contributed by atoms with E-state index in [9.17, 15) is 0 Å². The van der Waals surface area contributed by atoms with E-state index >= 15 is 0 Å². The quantitative estimate of drug-likeness (QED) is 0.674. The van der Waals surface area contributed by atoms with Crippen molar-refractivity contribution in [1.29, 1.82) is 0 Å². The Kier molecular flexibility index (Phi) is 2.46. The summed E-state index contributed by atoms with van der Waals surface area (Å²) in [5, 5.41) is 0. The zero-order valence-electron chi connectivity index (χ0n) is 10.2. The summed E-state index contributed by atoms with van der Waals surface area (Å²) in [6, 6.07) is 0. The largest absolute Gasteiger partial charge is 0.476 e. The molecule has 2 fully saturated rings. The van der Waals surface area contributed by atoms with Gasteiger partial charge in [-0.05, 0) is 32.6 Å². The van der Waals surface area contributed by atoms with Crippen LogP contribution in [0.25, 0.3) is 0 Å². The van der Waals surface area contributed by atoms with Crippen LogP contribution in [0.15, 0.2) is 4.99 Å². The van der Waals surface area contributed by atoms with Crippen LogP contribution in [0, 0.1) is 5.92 Å². The van der Waals surface area contributed by atoms with Gasteiger partial charge in [-0.15, -0.1) is 0 Å². The summed E-state index contributed by atoms with van der Waals surface area (Å²) in [5.41, 5.74) is -0.0433. The summed E-state index contributed by atoms with van der Waals surface area (Å²) >= 11 is 0. The fraction of sp³-hybridized carbons (Fsp3) is 0.923. The van der Waals surface area contributed by atoms with Gasteiger partial charge in [0.25, 0.3) is 0 Å². The maximum Gasteiger partial charge on any atom is 0.216 e. The summed E-state index contributed by atoms with van der Waals surface area (Å²) in [6.07, 6.45) is 7.40. The molecule has 1 saturated heterocycles. The lowest BCUT2D eigenvalue weighted by Gasteiger charge is -2.19. The van der Waals surface area contributed by atoms with Crippen LogP contribution >= 0.6 is 0 Å². The average molecular weight is 223 g/mol. The molecule has 0 unspecified atom stereocenters. The first-order valence-electron chi connectivity index (χ1n) is 6.54. The number of hydrogen-bond donors (Lipinski definition) is 0. The molecular formula is C13H21NO2. The molecular weight excluding hydrogens is 202 g/mol. The van der Waals surface area contributed by atoms with E-state index in [0.29, 0.717) is 12.7 Å². The second-order valence-electron chi connectivity index (χ2n) is 5.97. The van der Waals surface area contributed by atoms with Crippen molar-refractivity contribution < 1.29 is 9.47 Å². The van der Waals surface area contributed by atoms with Crippen molar-refractivity contribution in [2.45, 2.75) is 63.7 Å². The first-order valence-corrected chi connectivity index (χ1v) is 6.54. The van der Waals surface area contributed by atoms with Crippen molar-refractivity contribution >= 4 is 5.90 Å². The van der Waals surface area contributed by atoms with Crippen molar-refractivity contribution in [2.24, 2.45) is 10.9 Å². The molecule has 3 nitrogen and oxygen atoms in total. The minimum absolute atomic E-state index is 0.0433. The normalized spacial score (nSPS) is 38.0. The zero-order chi connectivity index (χ0) is 11.2. The summed E-state index contributed by atoms with van der Waals surface area (Å²) < 4.78 is 11.4. The fourth-order valence-electron chi connectivity index (χ4n) is 2.90. The van der Waals surface area contributed by atoms with Crippen molar-refractivity contribution in [1.82, 2.24) is 0 Å². The maximum absolute atomic E-state index is 5.78. The molecule has 2 aliphatic heterocycles. The molecule has 0 bridgehead atoms. The second kappa shape index (κ2) is 3.73. The van der Waals surface area contributed by atoms with Gasteiger partial charge in [0, 0.05) is 0 Å². The van der Waals surface area contributed by atoms with E-state index in [1.165, 1.54) is 32.1 Å². The Hall–Kier alpha value is -0.570. The van der Waals surface area contributed by atoms with Gasteiger partial charge in [0.05, 0.1) is 11.6 Å². The zero-order valence-corrected chi connectivity index (χ0v) is 10.2. The van der Waals surface area contributed by atoms with E-state index < -0.39 is 0 Å². The summed E-state index contributed by atoms with van der Waals surface area (Å²) in [7, 11) is 0. The molecule has 0 aromatic rings. The highest BCUT2D eigenvalue weighted by atomic mass is 16.6. The third kappa shape index (κ3) is 1.97. The van der Waals surface area contributed by atoms with Gasteiger partial charge >= 0.3 is 0 Å².